The van der Waals surface area contributed by atoms with Crippen molar-refractivity contribution >= 4 is 17.1 Å². The van der Waals surface area contributed by atoms with E-state index in [1.165, 1.54) is 0 Å². The maximum absolute atomic E-state index is 6.58. The third-order valence-electron chi connectivity index (χ3n) is 4.04. The normalized spacial score (nSPS) is 20.3. The van der Waals surface area contributed by atoms with Crippen molar-refractivity contribution in [1.82, 2.24) is 15.6 Å². The summed E-state index contributed by atoms with van der Waals surface area (Å²) in [7, 11) is 0. The zero-order valence-electron chi connectivity index (χ0n) is 13.9. The largest absolute Gasteiger partial charge is 0.384 e. The first kappa shape index (κ1) is 16.0. The first-order valence-corrected chi connectivity index (χ1v) is 8.07. The van der Waals surface area contributed by atoms with E-state index in [-0.39, 0.29) is 0 Å². The summed E-state index contributed by atoms with van der Waals surface area (Å²) in [5, 5.41) is 16.8. The molecule has 2 aromatic carbocycles. The van der Waals surface area contributed by atoms with Gasteiger partial charge < -0.3 is 5.73 Å². The minimum absolute atomic E-state index is 0.466. The number of azo groups is 1. The molecule has 0 bridgehead atoms. The molecule has 0 saturated heterocycles. The number of aromatic amines is 1. The van der Waals surface area contributed by atoms with Crippen LogP contribution in [0.5, 0.6) is 0 Å². The Bertz CT molecular complexity index is 934. The fourth-order valence-electron chi connectivity index (χ4n) is 2.86. The number of nitrogens with one attached hydrogen (secondary N) is 2. The fraction of sp³-hybridized carbons (Fsp3) is 0.0556. The van der Waals surface area contributed by atoms with Crippen LogP contribution in [0.2, 0.25) is 0 Å². The van der Waals surface area contributed by atoms with Gasteiger partial charge in [0.15, 0.2) is 5.82 Å². The molecule has 1 aliphatic rings. The van der Waals surface area contributed by atoms with Gasteiger partial charge in [0.25, 0.3) is 0 Å². The zero-order valence-corrected chi connectivity index (χ0v) is 13.9. The van der Waals surface area contributed by atoms with E-state index >= 15 is 0 Å². The molecule has 0 fully saturated rings. The molecule has 8 nitrogen and oxygen atoms in total. The van der Waals surface area contributed by atoms with Crippen LogP contribution in [0.3, 0.4) is 0 Å². The van der Waals surface area contributed by atoms with Crippen LogP contribution in [0.1, 0.15) is 5.56 Å². The lowest BCUT2D eigenvalue weighted by atomic mass is 10.0. The summed E-state index contributed by atoms with van der Waals surface area (Å²) in [6.07, 6.45) is 1.60. The van der Waals surface area contributed by atoms with Crippen molar-refractivity contribution in [3.8, 4) is 0 Å². The number of H-pyrrole nitrogens is 1. The molecule has 0 radical (unpaired) electrons. The van der Waals surface area contributed by atoms with E-state index in [1.807, 2.05) is 60.7 Å². The summed E-state index contributed by atoms with van der Waals surface area (Å²) in [4.78, 5) is 0. The summed E-state index contributed by atoms with van der Waals surface area (Å²) in [6, 6.07) is 21.0. The van der Waals surface area contributed by atoms with Gasteiger partial charge in [0, 0.05) is 6.07 Å². The number of nitrogens with zero attached hydrogens (tertiary/aromatic N) is 4. The van der Waals surface area contributed by atoms with Gasteiger partial charge in [-0.15, -0.1) is 10.2 Å². The molecule has 1 aromatic heterocycles. The van der Waals surface area contributed by atoms with Crippen LogP contribution < -0.4 is 21.9 Å². The molecule has 1 atom stereocenters. The first-order chi connectivity index (χ1) is 12.7. The fourth-order valence-corrected chi connectivity index (χ4v) is 2.86. The highest BCUT2D eigenvalue weighted by molar-refractivity contribution is 5.81. The van der Waals surface area contributed by atoms with Gasteiger partial charge in [0.2, 0.25) is 5.79 Å². The number of hydrogen-bond donors (Lipinski definition) is 4. The number of benzene rings is 2. The van der Waals surface area contributed by atoms with Crippen LogP contribution in [0.4, 0.5) is 11.5 Å². The molecule has 0 saturated carbocycles. The molecule has 0 amide bonds. The minimum Gasteiger partial charge on any atom is -0.384 e. The van der Waals surface area contributed by atoms with Crippen molar-refractivity contribution in [2.75, 3.05) is 5.01 Å². The molecule has 8 heteroatoms. The monoisotopic (exact) mass is 346 g/mol. The Morgan fingerprint density at radius 1 is 0.962 bits per heavy atom. The Hall–Kier alpha value is -3.49. The molecule has 0 aliphatic carbocycles. The van der Waals surface area contributed by atoms with E-state index in [4.69, 9.17) is 11.5 Å². The highest BCUT2D eigenvalue weighted by Crippen LogP contribution is 2.36. The number of anilines is 1. The standard InChI is InChI=1S/C18H18N8/c19-17-16(13-7-3-1-4-8-13)18(20,24-23-15-11-12-21-22-15)25-26(17)14-9-5-2-6-10-14/h1-12,25H,19-20H2,(H,21,22). The molecular weight excluding hydrogens is 328 g/mol. The maximum atomic E-state index is 6.58. The summed E-state index contributed by atoms with van der Waals surface area (Å²) in [6.45, 7) is 0. The Labute approximate surface area is 150 Å². The molecule has 1 aliphatic heterocycles. The third kappa shape index (κ3) is 2.83. The second kappa shape index (κ2) is 6.43. The van der Waals surface area contributed by atoms with E-state index in [9.17, 15) is 0 Å². The Balaban J connectivity index is 1.80. The van der Waals surface area contributed by atoms with Crippen LogP contribution in [0.25, 0.3) is 5.57 Å². The summed E-state index contributed by atoms with van der Waals surface area (Å²) in [5.41, 5.74) is 18.6. The Kier molecular flexibility index (Phi) is 3.96. The molecule has 3 aromatic rings. The van der Waals surface area contributed by atoms with Crippen LogP contribution in [0.15, 0.2) is 89.0 Å². The summed E-state index contributed by atoms with van der Waals surface area (Å²) < 4.78 is 0. The van der Waals surface area contributed by atoms with Gasteiger partial charge >= 0.3 is 0 Å². The number of hydrazine groups is 1. The van der Waals surface area contributed by atoms with Crippen molar-refractivity contribution in [2.24, 2.45) is 21.7 Å². The van der Waals surface area contributed by atoms with E-state index in [2.05, 4.69) is 25.9 Å². The van der Waals surface area contributed by atoms with Crippen LogP contribution in [-0.4, -0.2) is 16.0 Å². The molecule has 130 valence electrons. The second-order valence-corrected chi connectivity index (χ2v) is 5.82. The molecular formula is C18H18N8. The van der Waals surface area contributed by atoms with Crippen molar-refractivity contribution in [2.45, 2.75) is 5.79 Å². The number of aromatic nitrogens is 2. The van der Waals surface area contributed by atoms with E-state index in [0.717, 1.165) is 11.3 Å². The Morgan fingerprint density at radius 3 is 2.31 bits per heavy atom. The SMILES string of the molecule is NC1=C(c2ccccc2)C(N)(N=Nc2ccn[nH]2)NN1c1ccccc1. The molecule has 4 rings (SSSR count). The van der Waals surface area contributed by atoms with Gasteiger partial charge in [-0.25, -0.2) is 0 Å². The molecule has 1 unspecified atom stereocenters. The van der Waals surface area contributed by atoms with Gasteiger partial charge in [-0.2, -0.15) is 10.5 Å². The number of hydrogen-bond acceptors (Lipinski definition) is 7. The van der Waals surface area contributed by atoms with Gasteiger partial charge in [-0.05, 0) is 17.7 Å². The maximum Gasteiger partial charge on any atom is 0.230 e. The van der Waals surface area contributed by atoms with E-state index in [1.54, 1.807) is 17.3 Å². The van der Waals surface area contributed by atoms with Crippen molar-refractivity contribution in [1.29, 1.82) is 0 Å². The van der Waals surface area contributed by atoms with Gasteiger partial charge in [-0.3, -0.25) is 15.8 Å². The molecule has 2 heterocycles. The first-order valence-electron chi connectivity index (χ1n) is 8.07. The third-order valence-corrected chi connectivity index (χ3v) is 4.04. The topological polar surface area (TPSA) is 121 Å². The smallest absolute Gasteiger partial charge is 0.230 e. The Morgan fingerprint density at radius 2 is 1.65 bits per heavy atom. The average molecular weight is 346 g/mol. The lowest BCUT2D eigenvalue weighted by Gasteiger charge is -2.25. The van der Waals surface area contributed by atoms with Crippen molar-refractivity contribution in [3.63, 3.8) is 0 Å². The molecule has 0 spiro atoms. The van der Waals surface area contributed by atoms with Gasteiger partial charge in [0.05, 0.1) is 17.5 Å². The lowest BCUT2D eigenvalue weighted by Crippen LogP contribution is -2.54. The van der Waals surface area contributed by atoms with E-state index in [0.29, 0.717) is 17.2 Å². The van der Waals surface area contributed by atoms with Crippen LogP contribution in [0, 0.1) is 0 Å². The van der Waals surface area contributed by atoms with Crippen LogP contribution >= 0.6 is 0 Å². The van der Waals surface area contributed by atoms with Gasteiger partial charge in [-0.1, -0.05) is 48.5 Å². The van der Waals surface area contributed by atoms with Crippen molar-refractivity contribution in [3.05, 3.63) is 84.3 Å². The van der Waals surface area contributed by atoms with Crippen molar-refractivity contribution < 1.29 is 0 Å². The average Bonchev–Trinajstić information content (AvgIpc) is 3.28. The summed E-state index contributed by atoms with van der Waals surface area (Å²) in [5.74, 6) is -0.360. The zero-order chi connectivity index (χ0) is 18.0. The minimum atomic E-state index is -1.33. The van der Waals surface area contributed by atoms with E-state index < -0.39 is 5.79 Å². The second-order valence-electron chi connectivity index (χ2n) is 5.82. The lowest BCUT2D eigenvalue weighted by molar-refractivity contribution is 0.455. The summed E-state index contributed by atoms with van der Waals surface area (Å²) >= 11 is 0. The van der Waals surface area contributed by atoms with Gasteiger partial charge in [0.1, 0.15) is 5.82 Å². The number of rotatable bonds is 4. The highest BCUT2D eigenvalue weighted by atomic mass is 15.6. The molecule has 26 heavy (non-hydrogen) atoms. The predicted octanol–water partition coefficient (Wildman–Crippen LogP) is 2.46. The van der Waals surface area contributed by atoms with Crippen LogP contribution in [-0.2, 0) is 0 Å². The number of para-hydroxylation sites is 1. The predicted molar refractivity (Wildman–Crippen MR) is 99.6 cm³/mol. The quantitative estimate of drug-likeness (QED) is 0.541. The highest BCUT2D eigenvalue weighted by Gasteiger charge is 2.43. The molecule has 6 N–H and O–H groups in total. The number of nitrogens with two attached hydrogens (primary N) is 2.